The Balaban J connectivity index is 2.10. The molecule has 1 aliphatic heterocycles. The average Bonchev–Trinajstić information content (AvgIpc) is 2.58. The third-order valence-electron chi connectivity index (χ3n) is 4.83. The van der Waals surface area contributed by atoms with Gasteiger partial charge in [-0.2, -0.15) is 0 Å². The lowest BCUT2D eigenvalue weighted by atomic mass is 10.0. The summed E-state index contributed by atoms with van der Waals surface area (Å²) in [5, 5.41) is 3.45. The topological polar surface area (TPSA) is 21.8 Å². The third kappa shape index (κ3) is 5.48. The minimum absolute atomic E-state index is 0.482. The van der Waals surface area contributed by atoms with Crippen molar-refractivity contribution in [3.05, 3.63) is 29.8 Å². The van der Waals surface area contributed by atoms with Crippen molar-refractivity contribution in [2.45, 2.75) is 25.8 Å². The highest BCUT2D eigenvalue weighted by Crippen LogP contribution is 2.24. The lowest BCUT2D eigenvalue weighted by molar-refractivity contribution is 0.149. The number of hydrogen-bond donors (Lipinski definition) is 1. The van der Waals surface area contributed by atoms with Crippen molar-refractivity contribution >= 4 is 5.69 Å². The molecule has 23 heavy (non-hydrogen) atoms. The van der Waals surface area contributed by atoms with Gasteiger partial charge in [-0.05, 0) is 37.7 Å². The predicted molar refractivity (Wildman–Crippen MR) is 100 cm³/mol. The Morgan fingerprint density at radius 2 is 1.74 bits per heavy atom. The van der Waals surface area contributed by atoms with Crippen molar-refractivity contribution in [3.63, 3.8) is 0 Å². The molecule has 0 saturated carbocycles. The minimum Gasteiger partial charge on any atom is -0.378 e. The average molecular weight is 319 g/mol. The van der Waals surface area contributed by atoms with Crippen LogP contribution < -0.4 is 10.2 Å². The van der Waals surface area contributed by atoms with Gasteiger partial charge in [-0.1, -0.05) is 25.5 Å². The van der Waals surface area contributed by atoms with Gasteiger partial charge in [0.1, 0.15) is 0 Å². The van der Waals surface area contributed by atoms with Crippen molar-refractivity contribution in [1.29, 1.82) is 0 Å². The first-order valence-electron chi connectivity index (χ1n) is 9.02. The second kappa shape index (κ2) is 9.26. The van der Waals surface area contributed by atoms with E-state index in [1.54, 1.807) is 0 Å². The second-order valence-electron chi connectivity index (χ2n) is 6.89. The molecule has 4 heteroatoms. The monoisotopic (exact) mass is 318 g/mol. The van der Waals surface area contributed by atoms with Gasteiger partial charge in [-0.15, -0.1) is 0 Å². The number of anilines is 1. The van der Waals surface area contributed by atoms with E-state index in [2.05, 4.69) is 72.3 Å². The molecule has 130 valence electrons. The molecular weight excluding hydrogens is 284 g/mol. The van der Waals surface area contributed by atoms with Crippen LogP contribution in [0.4, 0.5) is 5.69 Å². The third-order valence-corrected chi connectivity index (χ3v) is 4.83. The zero-order valence-corrected chi connectivity index (χ0v) is 15.4. The summed E-state index contributed by atoms with van der Waals surface area (Å²) in [7, 11) is 6.48. The Morgan fingerprint density at radius 1 is 1.09 bits per heavy atom. The molecule has 1 unspecified atom stereocenters. The molecule has 1 fully saturated rings. The van der Waals surface area contributed by atoms with Gasteiger partial charge >= 0.3 is 0 Å². The molecule has 0 spiro atoms. The predicted octanol–water partition coefficient (Wildman–Crippen LogP) is 2.43. The molecule has 1 N–H and O–H groups in total. The Hall–Kier alpha value is -1.10. The van der Waals surface area contributed by atoms with Crippen molar-refractivity contribution in [3.8, 4) is 0 Å². The summed E-state index contributed by atoms with van der Waals surface area (Å²) in [6, 6.07) is 9.59. The standard InChI is InChI=1S/C19H34N4/c1-5-6-13-22(4)19(16-23-14-11-20-12-15-23)17-7-9-18(10-8-17)21(2)3/h7-10,19-20H,5-6,11-16H2,1-4H3. The highest BCUT2D eigenvalue weighted by atomic mass is 15.2. The van der Waals surface area contributed by atoms with Crippen LogP contribution in [0.1, 0.15) is 31.4 Å². The molecule has 4 nitrogen and oxygen atoms in total. The summed E-state index contributed by atoms with van der Waals surface area (Å²) in [6.45, 7) is 9.12. The summed E-state index contributed by atoms with van der Waals surface area (Å²) in [4.78, 5) is 7.30. The lowest BCUT2D eigenvalue weighted by Gasteiger charge is -2.35. The number of nitrogens with one attached hydrogen (secondary N) is 1. The van der Waals surface area contributed by atoms with Gasteiger partial charge < -0.3 is 10.2 Å². The van der Waals surface area contributed by atoms with Crippen molar-refractivity contribution < 1.29 is 0 Å². The molecule has 1 aromatic carbocycles. The van der Waals surface area contributed by atoms with Gasteiger partial charge in [-0.25, -0.2) is 0 Å². The molecule has 1 aromatic rings. The second-order valence-corrected chi connectivity index (χ2v) is 6.89. The maximum absolute atomic E-state index is 3.45. The summed E-state index contributed by atoms with van der Waals surface area (Å²) < 4.78 is 0. The van der Waals surface area contributed by atoms with E-state index in [1.807, 2.05) is 0 Å². The first kappa shape index (κ1) is 18.2. The van der Waals surface area contributed by atoms with Crippen LogP contribution in [0.5, 0.6) is 0 Å². The molecule has 1 saturated heterocycles. The van der Waals surface area contributed by atoms with Crippen LogP contribution in [-0.2, 0) is 0 Å². The summed E-state index contributed by atoms with van der Waals surface area (Å²) in [5.41, 5.74) is 2.71. The van der Waals surface area contributed by atoms with E-state index < -0.39 is 0 Å². The maximum Gasteiger partial charge on any atom is 0.0472 e. The van der Waals surface area contributed by atoms with E-state index in [-0.39, 0.29) is 0 Å². The fourth-order valence-corrected chi connectivity index (χ4v) is 3.20. The summed E-state index contributed by atoms with van der Waals surface area (Å²) in [5.74, 6) is 0. The SMILES string of the molecule is CCCCN(C)C(CN1CCNCC1)c1ccc(N(C)C)cc1. The van der Waals surface area contributed by atoms with Gasteiger partial charge in [0.2, 0.25) is 0 Å². The highest BCUT2D eigenvalue weighted by Gasteiger charge is 2.21. The Kier molecular flexibility index (Phi) is 7.34. The van der Waals surface area contributed by atoms with Crippen molar-refractivity contribution in [2.75, 3.05) is 65.3 Å². The van der Waals surface area contributed by atoms with E-state index >= 15 is 0 Å². The molecular formula is C19H34N4. The van der Waals surface area contributed by atoms with Crippen LogP contribution in [0.3, 0.4) is 0 Å². The lowest BCUT2D eigenvalue weighted by Crippen LogP contribution is -2.47. The van der Waals surface area contributed by atoms with E-state index in [1.165, 1.54) is 30.6 Å². The number of benzene rings is 1. The Bertz CT molecular complexity index is 437. The molecule has 0 aromatic heterocycles. The molecule has 0 amide bonds. The van der Waals surface area contributed by atoms with E-state index in [0.29, 0.717) is 6.04 Å². The smallest absolute Gasteiger partial charge is 0.0472 e. The molecule has 0 aliphatic carbocycles. The van der Waals surface area contributed by atoms with E-state index in [9.17, 15) is 0 Å². The molecule has 1 aliphatic rings. The van der Waals surface area contributed by atoms with Crippen LogP contribution in [0.15, 0.2) is 24.3 Å². The van der Waals surface area contributed by atoms with Crippen LogP contribution in [-0.4, -0.2) is 70.2 Å². The fraction of sp³-hybridized carbons (Fsp3) is 0.684. The summed E-state index contributed by atoms with van der Waals surface area (Å²) in [6.07, 6.45) is 2.52. The largest absolute Gasteiger partial charge is 0.378 e. The Morgan fingerprint density at radius 3 is 2.30 bits per heavy atom. The number of piperazine rings is 1. The van der Waals surface area contributed by atoms with Crippen LogP contribution in [0, 0.1) is 0 Å². The van der Waals surface area contributed by atoms with Gasteiger partial charge in [0.25, 0.3) is 0 Å². The Labute approximate surface area is 142 Å². The quantitative estimate of drug-likeness (QED) is 0.794. The van der Waals surface area contributed by atoms with E-state index in [0.717, 1.165) is 32.7 Å². The molecule has 0 bridgehead atoms. The van der Waals surface area contributed by atoms with Gasteiger partial charge in [-0.3, -0.25) is 9.80 Å². The van der Waals surface area contributed by atoms with Crippen LogP contribution >= 0.6 is 0 Å². The minimum atomic E-state index is 0.482. The first-order valence-corrected chi connectivity index (χ1v) is 9.02. The maximum atomic E-state index is 3.45. The number of hydrogen-bond acceptors (Lipinski definition) is 4. The summed E-state index contributed by atoms with van der Waals surface area (Å²) >= 11 is 0. The molecule has 1 atom stereocenters. The van der Waals surface area contributed by atoms with Gasteiger partial charge in [0.15, 0.2) is 0 Å². The van der Waals surface area contributed by atoms with Gasteiger partial charge in [0, 0.05) is 58.5 Å². The number of unbranched alkanes of at least 4 members (excludes halogenated alkanes) is 1. The molecule has 1 heterocycles. The zero-order valence-electron chi connectivity index (χ0n) is 15.4. The number of rotatable bonds is 8. The van der Waals surface area contributed by atoms with E-state index in [4.69, 9.17) is 0 Å². The van der Waals surface area contributed by atoms with Crippen molar-refractivity contribution in [1.82, 2.24) is 15.1 Å². The number of likely N-dealkylation sites (N-methyl/N-ethyl adjacent to an activating group) is 1. The fourth-order valence-electron chi connectivity index (χ4n) is 3.20. The first-order chi connectivity index (χ1) is 11.1. The van der Waals surface area contributed by atoms with Crippen LogP contribution in [0.25, 0.3) is 0 Å². The van der Waals surface area contributed by atoms with Gasteiger partial charge in [0.05, 0.1) is 0 Å². The van der Waals surface area contributed by atoms with Crippen LogP contribution in [0.2, 0.25) is 0 Å². The molecule has 2 rings (SSSR count). The van der Waals surface area contributed by atoms with Crippen molar-refractivity contribution in [2.24, 2.45) is 0 Å². The highest BCUT2D eigenvalue weighted by molar-refractivity contribution is 5.46. The number of nitrogens with zero attached hydrogens (tertiary/aromatic N) is 3. The zero-order chi connectivity index (χ0) is 16.7. The normalized spacial score (nSPS) is 17.4. The molecule has 0 radical (unpaired) electrons.